The predicted octanol–water partition coefficient (Wildman–Crippen LogP) is 1.31. The second-order valence-corrected chi connectivity index (χ2v) is 8.23. The zero-order valence-corrected chi connectivity index (χ0v) is 16.2. The summed E-state index contributed by atoms with van der Waals surface area (Å²) in [6, 6.07) is 11.1. The minimum absolute atomic E-state index is 0.0702. The van der Waals surface area contributed by atoms with Gasteiger partial charge in [0.05, 0.1) is 4.90 Å². The third-order valence-corrected chi connectivity index (χ3v) is 5.57. The lowest BCUT2D eigenvalue weighted by Gasteiger charge is -2.11. The maximum atomic E-state index is 12.4. The highest BCUT2D eigenvalue weighted by atomic mass is 32.2. The summed E-state index contributed by atoms with van der Waals surface area (Å²) in [6.07, 6.45) is 2.78. The molecule has 0 fully saturated rings. The van der Waals surface area contributed by atoms with Gasteiger partial charge < -0.3 is 5.32 Å². The van der Waals surface area contributed by atoms with E-state index in [1.807, 2.05) is 0 Å². The Kier molecular flexibility index (Phi) is 5.57. The van der Waals surface area contributed by atoms with Gasteiger partial charge in [0.15, 0.2) is 0 Å². The maximum Gasteiger partial charge on any atom is 0.270 e. The number of carbonyl (C=O) groups excluding carboxylic acids is 1. The van der Waals surface area contributed by atoms with Crippen molar-refractivity contribution in [2.75, 3.05) is 0 Å². The molecule has 0 aliphatic carbocycles. The molecule has 0 aliphatic rings. The van der Waals surface area contributed by atoms with E-state index in [1.165, 1.54) is 28.9 Å². The lowest BCUT2D eigenvalue weighted by Crippen LogP contribution is -2.31. The molecule has 1 aromatic carbocycles. The van der Waals surface area contributed by atoms with Gasteiger partial charge in [0.2, 0.25) is 10.0 Å². The highest BCUT2D eigenvalue weighted by molar-refractivity contribution is 7.89. The third-order valence-electron chi connectivity index (χ3n) is 3.91. The fourth-order valence-corrected chi connectivity index (χ4v) is 3.98. The SMILES string of the molecule is CC(C)NS(=O)(=O)c1cccc(CNC(=O)c2cnc3ccccn3c2=O)c1. The Labute approximate surface area is 162 Å². The van der Waals surface area contributed by atoms with Gasteiger partial charge in [-0.3, -0.25) is 14.0 Å². The van der Waals surface area contributed by atoms with Crippen LogP contribution in [0.5, 0.6) is 0 Å². The number of nitrogens with zero attached hydrogens (tertiary/aromatic N) is 2. The number of benzene rings is 1. The number of rotatable bonds is 6. The van der Waals surface area contributed by atoms with E-state index in [1.54, 1.807) is 44.2 Å². The topological polar surface area (TPSA) is 110 Å². The Bertz CT molecular complexity index is 1190. The second kappa shape index (κ2) is 7.91. The number of hydrogen-bond donors (Lipinski definition) is 2. The van der Waals surface area contributed by atoms with E-state index in [0.717, 1.165) is 0 Å². The third kappa shape index (κ3) is 4.26. The van der Waals surface area contributed by atoms with Gasteiger partial charge in [-0.05, 0) is 43.7 Å². The van der Waals surface area contributed by atoms with Crippen LogP contribution in [0.4, 0.5) is 0 Å². The van der Waals surface area contributed by atoms with Crippen LogP contribution in [0.2, 0.25) is 0 Å². The molecule has 2 N–H and O–H groups in total. The van der Waals surface area contributed by atoms with Crippen LogP contribution in [0.25, 0.3) is 5.65 Å². The van der Waals surface area contributed by atoms with E-state index >= 15 is 0 Å². The number of hydrogen-bond acceptors (Lipinski definition) is 5. The Morgan fingerprint density at radius 3 is 2.71 bits per heavy atom. The van der Waals surface area contributed by atoms with Crippen LogP contribution in [0, 0.1) is 0 Å². The molecule has 0 radical (unpaired) electrons. The standard InChI is InChI=1S/C19H20N4O4S/c1-13(2)22-28(26,27)15-7-5-6-14(10-15)11-21-18(24)16-12-20-17-8-3-4-9-23(17)19(16)25/h3-10,12-13,22H,11H2,1-2H3,(H,21,24). The van der Waals surface area contributed by atoms with Gasteiger partial charge in [-0.25, -0.2) is 18.1 Å². The summed E-state index contributed by atoms with van der Waals surface area (Å²) in [4.78, 5) is 29.1. The van der Waals surface area contributed by atoms with Crippen molar-refractivity contribution in [3.05, 3.63) is 76.3 Å². The molecule has 9 heteroatoms. The van der Waals surface area contributed by atoms with Crippen LogP contribution in [0.3, 0.4) is 0 Å². The lowest BCUT2D eigenvalue weighted by atomic mass is 10.2. The first-order valence-electron chi connectivity index (χ1n) is 8.64. The summed E-state index contributed by atoms with van der Waals surface area (Å²) in [6.45, 7) is 3.54. The fraction of sp³-hybridized carbons (Fsp3) is 0.211. The van der Waals surface area contributed by atoms with Gasteiger partial charge in [0.1, 0.15) is 11.2 Å². The molecular formula is C19H20N4O4S. The minimum atomic E-state index is -3.63. The Hall–Kier alpha value is -3.04. The lowest BCUT2D eigenvalue weighted by molar-refractivity contribution is 0.0949. The average Bonchev–Trinajstić information content (AvgIpc) is 2.66. The molecule has 0 saturated carbocycles. The second-order valence-electron chi connectivity index (χ2n) is 6.51. The molecule has 0 spiro atoms. The molecule has 146 valence electrons. The van der Waals surface area contributed by atoms with Crippen molar-refractivity contribution in [2.24, 2.45) is 0 Å². The quantitative estimate of drug-likeness (QED) is 0.648. The van der Waals surface area contributed by atoms with Crippen molar-refractivity contribution in [1.29, 1.82) is 0 Å². The molecule has 0 atom stereocenters. The summed E-state index contributed by atoms with van der Waals surface area (Å²) in [7, 11) is -3.63. The van der Waals surface area contributed by atoms with Crippen LogP contribution >= 0.6 is 0 Å². The smallest absolute Gasteiger partial charge is 0.270 e. The number of aromatic nitrogens is 2. The molecule has 0 bridgehead atoms. The molecule has 28 heavy (non-hydrogen) atoms. The van der Waals surface area contributed by atoms with Crippen molar-refractivity contribution in [2.45, 2.75) is 31.3 Å². The predicted molar refractivity (Wildman–Crippen MR) is 105 cm³/mol. The van der Waals surface area contributed by atoms with Crippen LogP contribution in [0.1, 0.15) is 29.8 Å². The van der Waals surface area contributed by atoms with Crippen molar-refractivity contribution < 1.29 is 13.2 Å². The first-order chi connectivity index (χ1) is 13.3. The normalized spacial score (nSPS) is 11.7. The number of nitrogens with one attached hydrogen (secondary N) is 2. The minimum Gasteiger partial charge on any atom is -0.348 e. The molecular weight excluding hydrogens is 380 g/mol. The van der Waals surface area contributed by atoms with Crippen molar-refractivity contribution in [3.8, 4) is 0 Å². The van der Waals surface area contributed by atoms with Crippen LogP contribution in [-0.4, -0.2) is 29.8 Å². The Morgan fingerprint density at radius 1 is 1.18 bits per heavy atom. The van der Waals surface area contributed by atoms with Gasteiger partial charge in [0.25, 0.3) is 11.5 Å². The number of sulfonamides is 1. The zero-order chi connectivity index (χ0) is 20.3. The largest absolute Gasteiger partial charge is 0.348 e. The summed E-state index contributed by atoms with van der Waals surface area (Å²) >= 11 is 0. The zero-order valence-electron chi connectivity index (χ0n) is 15.4. The van der Waals surface area contributed by atoms with Gasteiger partial charge in [-0.1, -0.05) is 18.2 Å². The fourth-order valence-electron chi connectivity index (χ4n) is 2.66. The highest BCUT2D eigenvalue weighted by Gasteiger charge is 2.16. The Balaban J connectivity index is 1.78. The summed E-state index contributed by atoms with van der Waals surface area (Å²) in [5, 5.41) is 2.63. The average molecular weight is 400 g/mol. The summed E-state index contributed by atoms with van der Waals surface area (Å²) in [5.74, 6) is -0.579. The molecule has 8 nitrogen and oxygen atoms in total. The van der Waals surface area contributed by atoms with Gasteiger partial charge in [-0.2, -0.15) is 0 Å². The first-order valence-corrected chi connectivity index (χ1v) is 10.1. The molecule has 0 saturated heterocycles. The van der Waals surface area contributed by atoms with E-state index in [0.29, 0.717) is 11.2 Å². The van der Waals surface area contributed by atoms with E-state index in [9.17, 15) is 18.0 Å². The molecule has 0 aliphatic heterocycles. The molecule has 3 aromatic rings. The van der Waals surface area contributed by atoms with Crippen molar-refractivity contribution in [1.82, 2.24) is 19.4 Å². The number of carbonyl (C=O) groups is 1. The van der Waals surface area contributed by atoms with E-state index in [2.05, 4.69) is 15.0 Å². The number of pyridine rings is 1. The van der Waals surface area contributed by atoms with Crippen LogP contribution in [0.15, 0.2) is 64.5 Å². The first kappa shape index (κ1) is 19.7. The number of fused-ring (bicyclic) bond motifs is 1. The summed E-state index contributed by atoms with van der Waals surface area (Å²) < 4.78 is 28.3. The van der Waals surface area contributed by atoms with Gasteiger partial charge in [0, 0.05) is 25.0 Å². The molecule has 0 unspecified atom stereocenters. The monoisotopic (exact) mass is 400 g/mol. The van der Waals surface area contributed by atoms with E-state index < -0.39 is 21.5 Å². The molecule has 2 aromatic heterocycles. The van der Waals surface area contributed by atoms with Crippen LogP contribution < -0.4 is 15.6 Å². The highest BCUT2D eigenvalue weighted by Crippen LogP contribution is 2.12. The van der Waals surface area contributed by atoms with Gasteiger partial charge in [-0.15, -0.1) is 0 Å². The van der Waals surface area contributed by atoms with Crippen LogP contribution in [-0.2, 0) is 16.6 Å². The van der Waals surface area contributed by atoms with E-state index in [4.69, 9.17) is 0 Å². The molecule has 2 heterocycles. The number of amides is 1. The molecule has 3 rings (SSSR count). The molecule has 1 amide bonds. The van der Waals surface area contributed by atoms with Gasteiger partial charge >= 0.3 is 0 Å². The maximum absolute atomic E-state index is 12.4. The Morgan fingerprint density at radius 2 is 1.96 bits per heavy atom. The van der Waals surface area contributed by atoms with E-state index in [-0.39, 0.29) is 23.0 Å². The summed E-state index contributed by atoms with van der Waals surface area (Å²) in [5.41, 5.74) is 0.475. The van der Waals surface area contributed by atoms with Crippen molar-refractivity contribution >= 4 is 21.6 Å². The van der Waals surface area contributed by atoms with Crippen molar-refractivity contribution in [3.63, 3.8) is 0 Å².